The molecule has 30 heavy (non-hydrogen) atoms. The predicted octanol–water partition coefficient (Wildman–Crippen LogP) is 4.83. The van der Waals surface area contributed by atoms with Crippen molar-refractivity contribution >= 4 is 12.1 Å². The Hall–Kier alpha value is -3.60. The highest BCUT2D eigenvalue weighted by molar-refractivity contribution is 5.85. The number of ether oxygens (including phenoxy) is 1. The van der Waals surface area contributed by atoms with E-state index in [4.69, 9.17) is 4.74 Å². The summed E-state index contributed by atoms with van der Waals surface area (Å²) in [6.45, 7) is 1.96. The van der Waals surface area contributed by atoms with Crippen molar-refractivity contribution < 1.29 is 19.4 Å². The second kappa shape index (κ2) is 8.03. The van der Waals surface area contributed by atoms with Crippen molar-refractivity contribution in [3.63, 3.8) is 0 Å². The Morgan fingerprint density at radius 3 is 2.10 bits per heavy atom. The summed E-state index contributed by atoms with van der Waals surface area (Å²) in [5.74, 6) is -1.07. The van der Waals surface area contributed by atoms with Crippen LogP contribution in [0.25, 0.3) is 11.1 Å². The lowest BCUT2D eigenvalue weighted by Crippen LogP contribution is -2.48. The fourth-order valence-electron chi connectivity index (χ4n) is 4.31. The number of aliphatic carboxylic acids is 1. The van der Waals surface area contributed by atoms with Gasteiger partial charge in [0.05, 0.1) is 13.2 Å². The third kappa shape index (κ3) is 3.43. The molecular formula is C25H23NO4. The van der Waals surface area contributed by atoms with Crippen molar-refractivity contribution in [1.29, 1.82) is 0 Å². The Bertz CT molecular complexity index is 1060. The molecule has 0 unspecified atom stereocenters. The molecule has 0 heterocycles. The number of benzene rings is 3. The molecule has 0 saturated carbocycles. The number of carboxylic acids is 1. The Balaban J connectivity index is 1.84. The standard InChI is InChI=1S/C25H23NO4/c1-16-8-7-9-17(14-16)15-22(24(27)28)26(25(29)30-2)23-20-12-5-3-10-18(20)19-11-4-6-13-21(19)23/h3-14,22-23H,15H2,1-2H3,(H,27,28)/t22-/m0/s1. The minimum atomic E-state index is -1.08. The average molecular weight is 401 g/mol. The number of hydrogen-bond acceptors (Lipinski definition) is 3. The number of carbonyl (C=O) groups excluding carboxylic acids is 1. The summed E-state index contributed by atoms with van der Waals surface area (Å²) in [6, 6.07) is 21.7. The maximum Gasteiger partial charge on any atom is 0.411 e. The Morgan fingerprint density at radius 1 is 0.967 bits per heavy atom. The van der Waals surface area contributed by atoms with Crippen LogP contribution < -0.4 is 0 Å². The number of methoxy groups -OCH3 is 1. The maximum atomic E-state index is 13.0. The van der Waals surface area contributed by atoms with Crippen molar-refractivity contribution in [2.75, 3.05) is 7.11 Å². The lowest BCUT2D eigenvalue weighted by Gasteiger charge is -2.34. The van der Waals surface area contributed by atoms with Gasteiger partial charge in [0.1, 0.15) is 6.04 Å². The lowest BCUT2D eigenvalue weighted by molar-refractivity contribution is -0.143. The monoisotopic (exact) mass is 401 g/mol. The van der Waals surface area contributed by atoms with Crippen LogP contribution in [0.1, 0.15) is 28.3 Å². The van der Waals surface area contributed by atoms with Crippen LogP contribution >= 0.6 is 0 Å². The zero-order valence-corrected chi connectivity index (χ0v) is 16.9. The second-order valence-corrected chi connectivity index (χ2v) is 7.50. The van der Waals surface area contributed by atoms with Gasteiger partial charge in [0.15, 0.2) is 0 Å². The molecule has 152 valence electrons. The molecule has 0 aliphatic heterocycles. The number of rotatable bonds is 5. The average Bonchev–Trinajstić information content (AvgIpc) is 3.08. The number of hydrogen-bond donors (Lipinski definition) is 1. The number of aryl methyl sites for hydroxylation is 1. The molecule has 0 radical (unpaired) electrons. The molecule has 0 saturated heterocycles. The van der Waals surface area contributed by atoms with Crippen molar-refractivity contribution in [3.05, 3.63) is 95.1 Å². The molecule has 1 amide bonds. The summed E-state index contributed by atoms with van der Waals surface area (Å²) in [6.07, 6.45) is -0.473. The molecule has 5 heteroatoms. The van der Waals surface area contributed by atoms with Crippen LogP contribution in [0, 0.1) is 6.92 Å². The first-order valence-electron chi connectivity index (χ1n) is 9.84. The van der Waals surface area contributed by atoms with Crippen molar-refractivity contribution in [2.24, 2.45) is 0 Å². The van der Waals surface area contributed by atoms with E-state index in [1.54, 1.807) is 0 Å². The Labute approximate surface area is 175 Å². The van der Waals surface area contributed by atoms with Crippen LogP contribution in [0.4, 0.5) is 4.79 Å². The van der Waals surface area contributed by atoms with Gasteiger partial charge in [-0.15, -0.1) is 0 Å². The van der Waals surface area contributed by atoms with E-state index in [-0.39, 0.29) is 6.42 Å². The summed E-state index contributed by atoms with van der Waals surface area (Å²) >= 11 is 0. The first kappa shape index (κ1) is 19.7. The molecule has 0 bridgehead atoms. The zero-order chi connectivity index (χ0) is 21.3. The van der Waals surface area contributed by atoms with E-state index in [1.165, 1.54) is 12.0 Å². The number of amides is 1. The summed E-state index contributed by atoms with van der Waals surface area (Å²) < 4.78 is 5.07. The van der Waals surface area contributed by atoms with E-state index in [0.29, 0.717) is 0 Å². The van der Waals surface area contributed by atoms with Gasteiger partial charge in [0.2, 0.25) is 0 Å². The molecule has 0 aromatic heterocycles. The van der Waals surface area contributed by atoms with E-state index in [2.05, 4.69) is 0 Å². The molecule has 0 spiro atoms. The molecule has 1 aliphatic rings. The lowest BCUT2D eigenvalue weighted by atomic mass is 9.97. The van der Waals surface area contributed by atoms with Gasteiger partial charge in [-0.05, 0) is 34.7 Å². The topological polar surface area (TPSA) is 66.8 Å². The minimum Gasteiger partial charge on any atom is -0.480 e. The molecule has 0 fully saturated rings. The zero-order valence-electron chi connectivity index (χ0n) is 16.9. The normalized spacial score (nSPS) is 13.3. The van der Waals surface area contributed by atoms with Crippen LogP contribution in [-0.4, -0.2) is 35.2 Å². The van der Waals surface area contributed by atoms with Crippen LogP contribution in [0.5, 0.6) is 0 Å². The van der Waals surface area contributed by atoms with E-state index in [1.807, 2.05) is 79.7 Å². The van der Waals surface area contributed by atoms with Gasteiger partial charge in [-0.3, -0.25) is 4.90 Å². The molecule has 3 aromatic carbocycles. The number of carboxylic acid groups (broad SMARTS) is 1. The van der Waals surface area contributed by atoms with Crippen molar-refractivity contribution in [1.82, 2.24) is 4.90 Å². The van der Waals surface area contributed by atoms with Crippen LogP contribution in [0.2, 0.25) is 0 Å². The largest absolute Gasteiger partial charge is 0.480 e. The van der Waals surface area contributed by atoms with Crippen molar-refractivity contribution in [2.45, 2.75) is 25.4 Å². The maximum absolute atomic E-state index is 13.0. The highest BCUT2D eigenvalue weighted by atomic mass is 16.5. The minimum absolute atomic E-state index is 0.187. The highest BCUT2D eigenvalue weighted by Gasteiger charge is 2.42. The molecule has 4 rings (SSSR count). The van der Waals surface area contributed by atoms with Gasteiger partial charge in [0.25, 0.3) is 0 Å². The van der Waals surface area contributed by atoms with Gasteiger partial charge >= 0.3 is 12.1 Å². The van der Waals surface area contributed by atoms with Crippen molar-refractivity contribution in [3.8, 4) is 11.1 Å². The van der Waals surface area contributed by atoms with Crippen LogP contribution in [-0.2, 0) is 16.0 Å². The van der Waals surface area contributed by atoms with Gasteiger partial charge in [-0.25, -0.2) is 9.59 Å². The highest BCUT2D eigenvalue weighted by Crippen LogP contribution is 2.47. The van der Waals surface area contributed by atoms with E-state index < -0.39 is 24.1 Å². The smallest absolute Gasteiger partial charge is 0.411 e. The number of nitrogens with zero attached hydrogens (tertiary/aromatic N) is 1. The summed E-state index contributed by atoms with van der Waals surface area (Å²) in [4.78, 5) is 26.7. The quantitative estimate of drug-likeness (QED) is 0.665. The summed E-state index contributed by atoms with van der Waals surface area (Å²) in [7, 11) is 1.29. The van der Waals surface area contributed by atoms with E-state index >= 15 is 0 Å². The predicted molar refractivity (Wildman–Crippen MR) is 114 cm³/mol. The molecular weight excluding hydrogens is 378 g/mol. The van der Waals surface area contributed by atoms with E-state index in [9.17, 15) is 14.7 Å². The van der Waals surface area contributed by atoms with Crippen LogP contribution in [0.15, 0.2) is 72.8 Å². The first-order chi connectivity index (χ1) is 14.5. The molecule has 1 aliphatic carbocycles. The Morgan fingerprint density at radius 2 is 1.57 bits per heavy atom. The van der Waals surface area contributed by atoms with Gasteiger partial charge in [-0.1, -0.05) is 78.4 Å². The van der Waals surface area contributed by atoms with Gasteiger partial charge in [0, 0.05) is 6.42 Å². The number of fused-ring (bicyclic) bond motifs is 3. The fraction of sp³-hybridized carbons (Fsp3) is 0.200. The SMILES string of the molecule is COC(=O)N(C1c2ccccc2-c2ccccc21)[C@@H](Cc1cccc(C)c1)C(=O)O. The number of carbonyl (C=O) groups is 2. The Kier molecular flexibility index (Phi) is 5.27. The molecule has 5 nitrogen and oxygen atoms in total. The van der Waals surface area contributed by atoms with Crippen LogP contribution in [0.3, 0.4) is 0 Å². The molecule has 1 N–H and O–H groups in total. The van der Waals surface area contributed by atoms with E-state index in [0.717, 1.165) is 33.4 Å². The second-order valence-electron chi connectivity index (χ2n) is 7.50. The first-order valence-corrected chi connectivity index (χ1v) is 9.84. The summed E-state index contributed by atoms with van der Waals surface area (Å²) in [5.41, 5.74) is 5.71. The third-order valence-corrected chi connectivity index (χ3v) is 5.60. The third-order valence-electron chi connectivity index (χ3n) is 5.60. The summed E-state index contributed by atoms with van der Waals surface area (Å²) in [5, 5.41) is 10.1. The van der Waals surface area contributed by atoms with Gasteiger partial charge in [-0.2, -0.15) is 0 Å². The molecule has 1 atom stereocenters. The molecule has 3 aromatic rings. The fourth-order valence-corrected chi connectivity index (χ4v) is 4.31. The van der Waals surface area contributed by atoms with Gasteiger partial charge < -0.3 is 9.84 Å².